The van der Waals surface area contributed by atoms with Crippen LogP contribution in [-0.4, -0.2) is 23.3 Å². The summed E-state index contributed by atoms with van der Waals surface area (Å²) in [5, 5.41) is 20.2. The summed E-state index contributed by atoms with van der Waals surface area (Å²) in [5.74, 6) is -0.747. The van der Waals surface area contributed by atoms with E-state index in [9.17, 15) is 15.0 Å². The second kappa shape index (κ2) is 6.02. The molecule has 20 heavy (non-hydrogen) atoms. The first-order valence-corrected chi connectivity index (χ1v) is 7.06. The van der Waals surface area contributed by atoms with Crippen LogP contribution in [0.15, 0.2) is 18.2 Å². The van der Waals surface area contributed by atoms with Gasteiger partial charge in [-0.2, -0.15) is 0 Å². The summed E-state index contributed by atoms with van der Waals surface area (Å²) >= 11 is 6.16. The van der Waals surface area contributed by atoms with Crippen molar-refractivity contribution in [1.82, 2.24) is 0 Å². The molecule has 4 atom stereocenters. The van der Waals surface area contributed by atoms with Gasteiger partial charge in [-0.05, 0) is 36.5 Å². The third-order valence-electron chi connectivity index (χ3n) is 4.10. The number of hydrogen-bond acceptors (Lipinski definition) is 3. The van der Waals surface area contributed by atoms with E-state index in [2.05, 4.69) is 0 Å². The summed E-state index contributed by atoms with van der Waals surface area (Å²) in [6.45, 7) is 2.01. The Hall–Kier alpha value is -1.26. The molecule has 2 rings (SSSR count). The number of hydrogen-bond donors (Lipinski definition) is 2. The van der Waals surface area contributed by atoms with Gasteiger partial charge in [-0.15, -0.1) is 0 Å². The SMILES string of the molecule is COc1ccc(C(O)C2CC(C)CC2C(=O)O)c(Cl)c1. The van der Waals surface area contributed by atoms with Crippen LogP contribution in [0.25, 0.3) is 0 Å². The number of aliphatic hydroxyl groups is 1. The molecular formula is C15H19ClO4. The highest BCUT2D eigenvalue weighted by atomic mass is 35.5. The van der Waals surface area contributed by atoms with Crippen LogP contribution in [0.3, 0.4) is 0 Å². The zero-order valence-corrected chi connectivity index (χ0v) is 12.3. The number of aliphatic carboxylic acids is 1. The summed E-state index contributed by atoms with van der Waals surface area (Å²) in [4.78, 5) is 11.3. The highest BCUT2D eigenvalue weighted by molar-refractivity contribution is 6.31. The maximum atomic E-state index is 11.3. The first-order chi connectivity index (χ1) is 9.43. The Bertz CT molecular complexity index is 503. The minimum atomic E-state index is -0.862. The lowest BCUT2D eigenvalue weighted by atomic mass is 9.87. The molecule has 5 heteroatoms. The average molecular weight is 299 g/mol. The molecular weight excluding hydrogens is 280 g/mol. The fraction of sp³-hybridized carbons (Fsp3) is 0.533. The van der Waals surface area contributed by atoms with E-state index in [1.807, 2.05) is 6.92 Å². The molecule has 1 saturated carbocycles. The molecule has 0 heterocycles. The smallest absolute Gasteiger partial charge is 0.306 e. The van der Waals surface area contributed by atoms with Crippen LogP contribution in [0.2, 0.25) is 5.02 Å². The normalized spacial score (nSPS) is 27.3. The highest BCUT2D eigenvalue weighted by Gasteiger charge is 2.41. The first kappa shape index (κ1) is 15.1. The van der Waals surface area contributed by atoms with Gasteiger partial charge in [0.1, 0.15) is 5.75 Å². The van der Waals surface area contributed by atoms with Gasteiger partial charge in [-0.25, -0.2) is 0 Å². The van der Waals surface area contributed by atoms with Gasteiger partial charge in [0.25, 0.3) is 0 Å². The van der Waals surface area contributed by atoms with E-state index < -0.39 is 18.0 Å². The van der Waals surface area contributed by atoms with Crippen LogP contribution in [0, 0.1) is 17.8 Å². The Kier molecular flexibility index (Phi) is 4.55. The second-order valence-electron chi connectivity index (χ2n) is 5.52. The molecule has 2 N–H and O–H groups in total. The van der Waals surface area contributed by atoms with Gasteiger partial charge in [-0.1, -0.05) is 24.6 Å². The summed E-state index contributed by atoms with van der Waals surface area (Å²) in [6.07, 6.45) is 0.435. The van der Waals surface area contributed by atoms with E-state index in [4.69, 9.17) is 16.3 Å². The van der Waals surface area contributed by atoms with E-state index in [1.54, 1.807) is 25.3 Å². The maximum absolute atomic E-state index is 11.3. The van der Waals surface area contributed by atoms with Gasteiger partial charge >= 0.3 is 5.97 Å². The molecule has 110 valence electrons. The van der Waals surface area contributed by atoms with Crippen molar-refractivity contribution in [2.75, 3.05) is 7.11 Å². The Morgan fingerprint density at radius 3 is 2.70 bits per heavy atom. The van der Waals surface area contributed by atoms with Crippen molar-refractivity contribution in [1.29, 1.82) is 0 Å². The number of carboxylic acid groups (broad SMARTS) is 1. The Labute approximate surface area is 123 Å². The minimum absolute atomic E-state index is 0.298. The number of ether oxygens (including phenoxy) is 1. The Morgan fingerprint density at radius 1 is 1.45 bits per heavy atom. The second-order valence-corrected chi connectivity index (χ2v) is 5.92. The van der Waals surface area contributed by atoms with E-state index in [0.29, 0.717) is 35.1 Å². The number of benzene rings is 1. The van der Waals surface area contributed by atoms with Crippen molar-refractivity contribution >= 4 is 17.6 Å². The van der Waals surface area contributed by atoms with Crippen molar-refractivity contribution in [3.63, 3.8) is 0 Å². The number of rotatable bonds is 4. The number of halogens is 1. The van der Waals surface area contributed by atoms with Crippen LogP contribution >= 0.6 is 11.6 Å². The lowest BCUT2D eigenvalue weighted by molar-refractivity contribution is -0.144. The molecule has 0 saturated heterocycles. The zero-order valence-electron chi connectivity index (χ0n) is 11.5. The van der Waals surface area contributed by atoms with Crippen molar-refractivity contribution < 1.29 is 19.7 Å². The fourth-order valence-corrected chi connectivity index (χ4v) is 3.35. The molecule has 0 aromatic heterocycles. The predicted molar refractivity (Wildman–Crippen MR) is 76.0 cm³/mol. The molecule has 0 aliphatic heterocycles. The molecule has 0 radical (unpaired) electrons. The molecule has 1 aliphatic carbocycles. The summed E-state index contributed by atoms with van der Waals surface area (Å²) in [6, 6.07) is 5.06. The molecule has 4 nitrogen and oxygen atoms in total. The molecule has 1 aromatic rings. The third-order valence-corrected chi connectivity index (χ3v) is 4.42. The molecule has 1 fully saturated rings. The van der Waals surface area contributed by atoms with Crippen LogP contribution < -0.4 is 4.74 Å². The van der Waals surface area contributed by atoms with E-state index >= 15 is 0 Å². The van der Waals surface area contributed by atoms with Gasteiger partial charge in [-0.3, -0.25) is 4.79 Å². The highest BCUT2D eigenvalue weighted by Crippen LogP contribution is 2.45. The largest absolute Gasteiger partial charge is 0.497 e. The zero-order chi connectivity index (χ0) is 14.9. The lowest BCUT2D eigenvalue weighted by Gasteiger charge is -2.23. The quantitative estimate of drug-likeness (QED) is 0.896. The summed E-state index contributed by atoms with van der Waals surface area (Å²) < 4.78 is 5.07. The van der Waals surface area contributed by atoms with Crippen LogP contribution in [-0.2, 0) is 4.79 Å². The number of carboxylic acids is 1. The fourth-order valence-electron chi connectivity index (χ4n) is 3.07. The Balaban J connectivity index is 2.26. The van der Waals surface area contributed by atoms with Crippen LogP contribution in [0.5, 0.6) is 5.75 Å². The standard InChI is InChI=1S/C15H19ClO4/c1-8-5-11(12(6-8)15(18)19)14(17)10-4-3-9(20-2)7-13(10)16/h3-4,7-8,11-12,14,17H,5-6H2,1-2H3,(H,18,19). The first-order valence-electron chi connectivity index (χ1n) is 6.68. The van der Waals surface area contributed by atoms with Crippen molar-refractivity contribution in [2.24, 2.45) is 17.8 Å². The van der Waals surface area contributed by atoms with Gasteiger partial charge in [0, 0.05) is 5.92 Å². The number of aliphatic hydroxyl groups excluding tert-OH is 1. The van der Waals surface area contributed by atoms with Gasteiger partial charge < -0.3 is 14.9 Å². The third kappa shape index (κ3) is 2.91. The Morgan fingerprint density at radius 2 is 2.15 bits per heavy atom. The van der Waals surface area contributed by atoms with E-state index in [0.717, 1.165) is 0 Å². The van der Waals surface area contributed by atoms with Crippen LogP contribution in [0.1, 0.15) is 31.4 Å². The van der Waals surface area contributed by atoms with Gasteiger partial charge in [0.15, 0.2) is 0 Å². The van der Waals surface area contributed by atoms with Crippen molar-refractivity contribution in [2.45, 2.75) is 25.9 Å². The molecule has 4 unspecified atom stereocenters. The molecule has 0 bridgehead atoms. The number of carbonyl (C=O) groups is 1. The summed E-state index contributed by atoms with van der Waals surface area (Å²) in [5.41, 5.74) is 0.567. The van der Waals surface area contributed by atoms with Gasteiger partial charge in [0.05, 0.1) is 24.2 Å². The molecule has 1 aromatic carbocycles. The molecule has 0 amide bonds. The minimum Gasteiger partial charge on any atom is -0.497 e. The number of methoxy groups -OCH3 is 1. The lowest BCUT2D eigenvalue weighted by Crippen LogP contribution is -2.24. The van der Waals surface area contributed by atoms with Crippen molar-refractivity contribution in [3.05, 3.63) is 28.8 Å². The topological polar surface area (TPSA) is 66.8 Å². The average Bonchev–Trinajstić information content (AvgIpc) is 2.80. The van der Waals surface area contributed by atoms with Gasteiger partial charge in [0.2, 0.25) is 0 Å². The molecule has 1 aliphatic rings. The maximum Gasteiger partial charge on any atom is 0.306 e. The monoisotopic (exact) mass is 298 g/mol. The summed E-state index contributed by atoms with van der Waals surface area (Å²) in [7, 11) is 1.54. The molecule has 0 spiro atoms. The van der Waals surface area contributed by atoms with Crippen LogP contribution in [0.4, 0.5) is 0 Å². The van der Waals surface area contributed by atoms with E-state index in [-0.39, 0.29) is 5.92 Å². The van der Waals surface area contributed by atoms with Crippen molar-refractivity contribution in [3.8, 4) is 5.75 Å². The predicted octanol–water partition coefficient (Wildman–Crippen LogP) is 3.13. The van der Waals surface area contributed by atoms with E-state index in [1.165, 1.54) is 0 Å².